The van der Waals surface area contributed by atoms with Crippen LogP contribution in [0.15, 0.2) is 71.5 Å². The number of benzene rings is 3. The van der Waals surface area contributed by atoms with Crippen molar-refractivity contribution in [2.75, 3.05) is 54.4 Å². The summed E-state index contributed by atoms with van der Waals surface area (Å²) >= 11 is 1.01. The summed E-state index contributed by atoms with van der Waals surface area (Å²) in [5, 5.41) is 36.3. The number of carbonyl (C=O) groups is 4. The van der Waals surface area contributed by atoms with Gasteiger partial charge in [0.25, 0.3) is 0 Å². The van der Waals surface area contributed by atoms with Crippen LogP contribution in [0.2, 0.25) is 0 Å². The third-order valence-corrected chi connectivity index (χ3v) is 16.5. The van der Waals surface area contributed by atoms with Crippen LogP contribution in [0.25, 0.3) is 21.5 Å². The van der Waals surface area contributed by atoms with Crippen molar-refractivity contribution < 1.29 is 51.6 Å². The highest BCUT2D eigenvalue weighted by atomic mass is 32.2. The van der Waals surface area contributed by atoms with Gasteiger partial charge in [-0.25, -0.2) is 14.4 Å². The van der Waals surface area contributed by atoms with Crippen molar-refractivity contribution in [2.24, 2.45) is 7.05 Å². The Morgan fingerprint density at radius 1 is 0.926 bits per heavy atom. The third kappa shape index (κ3) is 9.22. The van der Waals surface area contributed by atoms with E-state index < -0.39 is 46.9 Å². The van der Waals surface area contributed by atoms with E-state index in [2.05, 4.69) is 20.4 Å². The number of rotatable bonds is 14. The molecule has 3 saturated heterocycles. The fourth-order valence-electron chi connectivity index (χ4n) is 9.95. The summed E-state index contributed by atoms with van der Waals surface area (Å²) in [6.07, 6.45) is 3.84. The molecule has 0 radical (unpaired) electrons. The number of nitrogens with one attached hydrogen (secondary N) is 2. The van der Waals surface area contributed by atoms with Crippen molar-refractivity contribution in [2.45, 2.75) is 75.7 Å². The number of hydrogen-bond acceptors (Lipinski definition) is 14. The van der Waals surface area contributed by atoms with Crippen LogP contribution in [0.1, 0.15) is 65.4 Å². The Hall–Kier alpha value is -6.55. The molecule has 9 rings (SSSR count). The maximum Gasteiger partial charge on any atom is 0.368 e. The first kappa shape index (κ1) is 46.6. The zero-order valence-electron chi connectivity index (χ0n) is 37.5. The van der Waals surface area contributed by atoms with Crippen molar-refractivity contribution in [3.8, 4) is 16.2 Å². The van der Waals surface area contributed by atoms with E-state index in [-0.39, 0.29) is 59.4 Å². The van der Waals surface area contributed by atoms with E-state index in [1.807, 2.05) is 65.6 Å². The number of imidazole rings is 1. The highest BCUT2D eigenvalue weighted by Crippen LogP contribution is 2.42. The molecule has 0 spiro atoms. The van der Waals surface area contributed by atoms with Crippen LogP contribution in [0.4, 0.5) is 17.1 Å². The van der Waals surface area contributed by atoms with E-state index >= 15 is 0 Å². The van der Waals surface area contributed by atoms with Gasteiger partial charge in [-0.1, -0.05) is 24.3 Å². The number of imide groups is 1. The molecule has 4 aliphatic rings. The largest absolute Gasteiger partial charge is 0.480 e. The number of aromatic carboxylic acids is 1. The second-order valence-electron chi connectivity index (χ2n) is 17.7. The number of fused-ring (bicyclic) bond motifs is 1. The normalized spacial score (nSPS) is 20.7. The average molecular weight is 970 g/mol. The fourth-order valence-corrected chi connectivity index (χ4v) is 12.5. The van der Waals surface area contributed by atoms with Crippen LogP contribution in [0, 0.1) is 6.92 Å². The molecule has 0 saturated carbocycles. The molecular weight excluding hydrogens is 917 g/mol. The highest BCUT2D eigenvalue weighted by Gasteiger charge is 2.38. The molecule has 3 aromatic carbocycles. The van der Waals surface area contributed by atoms with Crippen LogP contribution in [0.5, 0.6) is 5.75 Å². The lowest BCUT2D eigenvalue weighted by Crippen LogP contribution is -2.49. The van der Waals surface area contributed by atoms with Gasteiger partial charge in [0, 0.05) is 92.1 Å². The minimum atomic E-state index is -3.72. The number of aliphatic hydroxyl groups excluding tert-OH is 1. The van der Waals surface area contributed by atoms with Gasteiger partial charge >= 0.3 is 27.7 Å². The standard InChI is InChI=1S/C47H52N8O11S2/c1-28-41(66-26-40(57)58)43(45(60)61)67-42(28)30-6-4-7-32(24-30)48-31-13-19-52(20-14-31)68(64,65)27-29-5-3-8-35(23-29)54-22-21-53(47(54)63)33-15-17-51(18-16-33)34-9-10-36-38(25-34)50(2)46(62)55(36)37-11-12-39(56)49-44(37)59/h3-10,19,23-25,31,33,37,47-48,63H,11-18,20-22,26-27H2,1-2H3,(H2-,49,56,57,58,59,60,61)/p+1. The maximum atomic E-state index is 13.8. The molecule has 3 unspecified atom stereocenters. The maximum absolute atomic E-state index is 13.8. The predicted octanol–water partition coefficient (Wildman–Crippen LogP) is 3.77. The number of anilines is 3. The number of sulfonamides is 1. The summed E-state index contributed by atoms with van der Waals surface area (Å²) in [7, 11) is -2.04. The van der Waals surface area contributed by atoms with Gasteiger partial charge in [0.1, 0.15) is 17.5 Å². The van der Waals surface area contributed by atoms with Gasteiger partial charge < -0.3 is 35.2 Å². The zero-order chi connectivity index (χ0) is 48.0. The van der Waals surface area contributed by atoms with E-state index in [4.69, 9.17) is 9.84 Å². The molecule has 3 atom stereocenters. The quantitative estimate of drug-likeness (QED) is 0.0787. The number of thiophene rings is 1. The van der Waals surface area contributed by atoms with E-state index in [1.54, 1.807) is 26.3 Å². The van der Waals surface area contributed by atoms with Gasteiger partial charge in [0.05, 0.1) is 11.0 Å². The Kier molecular flexibility index (Phi) is 12.9. The number of aliphatic hydroxyl groups is 1. The van der Waals surface area contributed by atoms with Crippen LogP contribution < -0.4 is 30.9 Å². The SMILES string of the molecule is Cc1c(-c2cccc(NC3CC=[N+](S(=O)(=O)Cc4cccc(N5CCN(C6CCN(c7ccc8c(c7)n(C)c(=O)n8C7CCC(=O)NC7=O)CC6)C5O)c4)CC3)c2)sc(C(=O)O)c1OCC(=O)O. The highest BCUT2D eigenvalue weighted by molar-refractivity contribution is 7.84. The molecule has 19 nitrogen and oxygen atoms in total. The van der Waals surface area contributed by atoms with Gasteiger partial charge in [0.2, 0.25) is 11.8 Å². The molecule has 68 heavy (non-hydrogen) atoms. The number of piperidine rings is 2. The van der Waals surface area contributed by atoms with Crippen molar-refractivity contribution in [1.82, 2.24) is 19.4 Å². The molecule has 2 amide bonds. The molecule has 358 valence electrons. The Bertz CT molecular complexity index is 3030. The zero-order valence-corrected chi connectivity index (χ0v) is 39.2. The number of carboxylic acids is 2. The van der Waals surface area contributed by atoms with Crippen molar-refractivity contribution in [3.05, 3.63) is 93.2 Å². The fraction of sp³-hybridized carbons (Fsp3) is 0.404. The number of hydrogen-bond donors (Lipinski definition) is 5. The second kappa shape index (κ2) is 18.9. The molecule has 0 bridgehead atoms. The lowest BCUT2D eigenvalue weighted by atomic mass is 10.0. The lowest BCUT2D eigenvalue weighted by Gasteiger charge is -2.39. The van der Waals surface area contributed by atoms with Crippen molar-refractivity contribution >= 4 is 79.4 Å². The Morgan fingerprint density at radius 2 is 1.71 bits per heavy atom. The smallest absolute Gasteiger partial charge is 0.368 e. The van der Waals surface area contributed by atoms with Crippen LogP contribution >= 0.6 is 11.3 Å². The van der Waals surface area contributed by atoms with E-state index in [9.17, 15) is 42.6 Å². The minimum absolute atomic E-state index is 0.0331. The summed E-state index contributed by atoms with van der Waals surface area (Å²) in [4.78, 5) is 67.6. The molecule has 2 aromatic heterocycles. The number of nitrogens with zero attached hydrogens (tertiary/aromatic N) is 6. The predicted molar refractivity (Wildman–Crippen MR) is 255 cm³/mol. The van der Waals surface area contributed by atoms with Gasteiger partial charge in [-0.3, -0.25) is 28.9 Å². The Morgan fingerprint density at radius 3 is 2.43 bits per heavy atom. The number of amides is 2. The number of aromatic nitrogens is 2. The number of carboxylic acid groups (broad SMARTS) is 2. The summed E-state index contributed by atoms with van der Waals surface area (Å²) in [5.41, 5.74) is 5.36. The monoisotopic (exact) mass is 969 g/mol. The molecule has 6 heterocycles. The summed E-state index contributed by atoms with van der Waals surface area (Å²) in [6.45, 7) is 3.98. The van der Waals surface area contributed by atoms with E-state index in [1.165, 1.54) is 13.1 Å². The first-order valence-electron chi connectivity index (χ1n) is 22.6. The summed E-state index contributed by atoms with van der Waals surface area (Å²) < 4.78 is 37.3. The Balaban J connectivity index is 0.793. The number of aryl methyl sites for hydroxylation is 1. The third-order valence-electron chi connectivity index (χ3n) is 13.4. The van der Waals surface area contributed by atoms with E-state index in [0.717, 1.165) is 59.9 Å². The van der Waals surface area contributed by atoms with Gasteiger partial charge in [-0.05, 0) is 79.8 Å². The van der Waals surface area contributed by atoms with Crippen molar-refractivity contribution in [3.63, 3.8) is 0 Å². The molecule has 4 aliphatic heterocycles. The van der Waals surface area contributed by atoms with Gasteiger partial charge in [-0.2, -0.15) is 8.42 Å². The molecule has 0 aliphatic carbocycles. The molecule has 21 heteroatoms. The van der Waals surface area contributed by atoms with Gasteiger partial charge in [-0.15, -0.1) is 15.3 Å². The first-order valence-corrected chi connectivity index (χ1v) is 25.0. The summed E-state index contributed by atoms with van der Waals surface area (Å²) in [5.74, 6) is -3.40. The number of aliphatic carboxylic acids is 1. The average Bonchev–Trinajstić information content (AvgIpc) is 3.95. The van der Waals surface area contributed by atoms with Crippen LogP contribution in [-0.2, 0) is 37.2 Å². The molecule has 5 N–H and O–H groups in total. The molecule has 5 aromatic rings. The topological polar surface area (TPSA) is 236 Å². The van der Waals surface area contributed by atoms with Crippen LogP contribution in [0.3, 0.4) is 0 Å². The molecule has 3 fully saturated rings. The number of ether oxygens (including phenoxy) is 1. The minimum Gasteiger partial charge on any atom is -0.480 e. The lowest BCUT2D eigenvalue weighted by molar-refractivity contribution is -0.368. The molecular formula is C47H53N8O11S2+. The van der Waals surface area contributed by atoms with Gasteiger partial charge in [0.15, 0.2) is 30.6 Å². The first-order chi connectivity index (χ1) is 32.6. The van der Waals surface area contributed by atoms with Crippen molar-refractivity contribution in [1.29, 1.82) is 0 Å². The van der Waals surface area contributed by atoms with Crippen LogP contribution in [-0.4, -0.2) is 129 Å². The second-order valence-corrected chi connectivity index (χ2v) is 20.7. The number of carbonyl (C=O) groups excluding carboxylic acids is 2. The Labute approximate surface area is 395 Å². The van der Waals surface area contributed by atoms with E-state index in [0.29, 0.717) is 53.0 Å². The summed E-state index contributed by atoms with van der Waals surface area (Å²) in [6, 6.07) is 19.8.